The first-order chi connectivity index (χ1) is 8.70. The summed E-state index contributed by atoms with van der Waals surface area (Å²) in [4.78, 5) is 11.9. The number of hydrazone groups is 1. The van der Waals surface area contributed by atoms with Crippen LogP contribution in [0.5, 0.6) is 0 Å². The van der Waals surface area contributed by atoms with Crippen molar-refractivity contribution in [2.75, 3.05) is 0 Å². The number of halogens is 1. The molecule has 1 aromatic rings. The van der Waals surface area contributed by atoms with E-state index in [1.807, 2.05) is 0 Å². The molecule has 1 N–H and O–H groups in total. The smallest absolute Gasteiger partial charge is 0.267 e. The van der Waals surface area contributed by atoms with E-state index in [4.69, 9.17) is 11.6 Å². The van der Waals surface area contributed by atoms with Gasteiger partial charge < -0.3 is 0 Å². The lowest BCUT2D eigenvalue weighted by Crippen LogP contribution is -2.20. The van der Waals surface area contributed by atoms with Gasteiger partial charge in [-0.15, -0.1) is 0 Å². The zero-order valence-electron chi connectivity index (χ0n) is 10.4. The second kappa shape index (κ2) is 6.01. The molecule has 0 saturated heterocycles. The zero-order valence-corrected chi connectivity index (χ0v) is 11.2. The Hall–Kier alpha value is -1.35. The maximum absolute atomic E-state index is 11.9. The molecule has 0 bridgehead atoms. The van der Waals surface area contributed by atoms with Gasteiger partial charge in [0.05, 0.1) is 0 Å². The summed E-state index contributed by atoms with van der Waals surface area (Å²) in [6.07, 6.45) is 4.44. The van der Waals surface area contributed by atoms with Crippen LogP contribution in [-0.2, 0) is 0 Å². The molecule has 1 atom stereocenters. The van der Waals surface area contributed by atoms with E-state index in [2.05, 4.69) is 17.5 Å². The van der Waals surface area contributed by atoms with Gasteiger partial charge in [0.2, 0.25) is 0 Å². The van der Waals surface area contributed by atoms with Crippen molar-refractivity contribution in [1.29, 1.82) is 0 Å². The van der Waals surface area contributed by atoms with Crippen molar-refractivity contribution in [1.82, 2.24) is 5.43 Å². The van der Waals surface area contributed by atoms with Crippen molar-refractivity contribution in [2.45, 2.75) is 32.6 Å². The number of amides is 1. The Morgan fingerprint density at radius 3 is 3.11 bits per heavy atom. The highest BCUT2D eigenvalue weighted by Gasteiger charge is 2.21. The van der Waals surface area contributed by atoms with Crippen LogP contribution in [0, 0.1) is 5.92 Å². The molecule has 0 aromatic heterocycles. The lowest BCUT2D eigenvalue weighted by molar-refractivity contribution is 0.0954. The maximum atomic E-state index is 11.9. The number of hydrogen-bond donors (Lipinski definition) is 1. The minimum Gasteiger partial charge on any atom is -0.267 e. The molecule has 0 spiro atoms. The summed E-state index contributed by atoms with van der Waals surface area (Å²) in [6.45, 7) is 2.16. The Morgan fingerprint density at radius 1 is 1.56 bits per heavy atom. The van der Waals surface area contributed by atoms with Crippen LogP contribution in [0.3, 0.4) is 0 Å². The summed E-state index contributed by atoms with van der Waals surface area (Å²) in [5, 5.41) is 4.81. The van der Waals surface area contributed by atoms with Gasteiger partial charge in [0.15, 0.2) is 0 Å². The van der Waals surface area contributed by atoms with Crippen LogP contribution in [0.15, 0.2) is 29.4 Å². The van der Waals surface area contributed by atoms with Crippen LogP contribution >= 0.6 is 11.6 Å². The Kier molecular flexibility index (Phi) is 4.37. The van der Waals surface area contributed by atoms with Crippen molar-refractivity contribution in [3.8, 4) is 0 Å². The van der Waals surface area contributed by atoms with E-state index < -0.39 is 0 Å². The summed E-state index contributed by atoms with van der Waals surface area (Å²) in [7, 11) is 0. The first-order valence-electron chi connectivity index (χ1n) is 6.33. The van der Waals surface area contributed by atoms with E-state index in [0.29, 0.717) is 16.5 Å². The number of nitrogens with zero attached hydrogens (tertiary/aromatic N) is 1. The third-order valence-electron chi connectivity index (χ3n) is 3.34. The first-order valence-corrected chi connectivity index (χ1v) is 6.71. The molecule has 0 radical (unpaired) electrons. The first kappa shape index (κ1) is 13.1. The second-order valence-corrected chi connectivity index (χ2v) is 4.99. The Morgan fingerprint density at radius 2 is 2.39 bits per heavy atom. The molecule has 0 heterocycles. The molecule has 0 aliphatic heterocycles. The molecule has 2 rings (SSSR count). The highest BCUT2D eigenvalue weighted by molar-refractivity contribution is 6.30. The van der Waals surface area contributed by atoms with E-state index in [1.165, 1.54) is 12.8 Å². The monoisotopic (exact) mass is 264 g/mol. The van der Waals surface area contributed by atoms with Gasteiger partial charge in [0.25, 0.3) is 5.91 Å². The number of benzene rings is 1. The van der Waals surface area contributed by atoms with Crippen LogP contribution in [0.1, 0.15) is 43.0 Å². The van der Waals surface area contributed by atoms with Crippen molar-refractivity contribution in [3.63, 3.8) is 0 Å². The van der Waals surface area contributed by atoms with E-state index in [9.17, 15) is 4.79 Å². The van der Waals surface area contributed by atoms with E-state index in [0.717, 1.165) is 18.6 Å². The standard InChI is InChI=1S/C14H17ClN2O/c1-2-10-5-4-8-13(10)16-17-14(18)11-6-3-7-12(15)9-11/h3,6-7,9-10H,2,4-5,8H2,1H3,(H,17,18). The Balaban J connectivity index is 2.02. The van der Waals surface area contributed by atoms with Gasteiger partial charge in [-0.2, -0.15) is 5.10 Å². The zero-order chi connectivity index (χ0) is 13.0. The van der Waals surface area contributed by atoms with Gasteiger partial charge in [0, 0.05) is 16.3 Å². The van der Waals surface area contributed by atoms with Crippen molar-refractivity contribution in [3.05, 3.63) is 34.9 Å². The molecule has 4 heteroatoms. The lowest BCUT2D eigenvalue weighted by Gasteiger charge is -2.07. The normalized spacial score (nSPS) is 21.2. The summed E-state index contributed by atoms with van der Waals surface area (Å²) in [5.41, 5.74) is 4.28. The molecular weight excluding hydrogens is 248 g/mol. The molecule has 1 aromatic carbocycles. The van der Waals surface area contributed by atoms with Crippen molar-refractivity contribution in [2.24, 2.45) is 11.0 Å². The molecule has 1 amide bonds. The third-order valence-corrected chi connectivity index (χ3v) is 3.57. The van der Waals surface area contributed by atoms with Gasteiger partial charge in [-0.3, -0.25) is 4.79 Å². The topological polar surface area (TPSA) is 41.5 Å². The average molecular weight is 265 g/mol. The highest BCUT2D eigenvalue weighted by atomic mass is 35.5. The number of carbonyl (C=O) groups is 1. The number of carbonyl (C=O) groups excluding carboxylic acids is 1. The summed E-state index contributed by atoms with van der Waals surface area (Å²) in [6, 6.07) is 6.87. The average Bonchev–Trinajstić information content (AvgIpc) is 2.83. The largest absolute Gasteiger partial charge is 0.271 e. The van der Waals surface area contributed by atoms with Gasteiger partial charge in [-0.1, -0.05) is 24.6 Å². The van der Waals surface area contributed by atoms with Crippen molar-refractivity contribution >= 4 is 23.2 Å². The fraction of sp³-hybridized carbons (Fsp3) is 0.429. The van der Waals surface area contributed by atoms with Crippen LogP contribution in [0.4, 0.5) is 0 Å². The highest BCUT2D eigenvalue weighted by Crippen LogP contribution is 2.24. The summed E-state index contributed by atoms with van der Waals surface area (Å²) < 4.78 is 0. The lowest BCUT2D eigenvalue weighted by atomic mass is 10.0. The van der Waals surface area contributed by atoms with Crippen molar-refractivity contribution < 1.29 is 4.79 Å². The van der Waals surface area contributed by atoms with Crippen LogP contribution in [0.25, 0.3) is 0 Å². The van der Waals surface area contributed by atoms with Crippen LogP contribution in [0.2, 0.25) is 5.02 Å². The third kappa shape index (κ3) is 3.10. The number of nitrogens with one attached hydrogen (secondary N) is 1. The predicted octanol–water partition coefficient (Wildman–Crippen LogP) is 3.64. The SMILES string of the molecule is CCC1CCCC1=NNC(=O)c1cccc(Cl)c1. The molecule has 3 nitrogen and oxygen atoms in total. The molecule has 1 saturated carbocycles. The molecule has 18 heavy (non-hydrogen) atoms. The molecule has 1 aliphatic carbocycles. The summed E-state index contributed by atoms with van der Waals surface area (Å²) >= 11 is 5.85. The number of hydrogen-bond acceptors (Lipinski definition) is 2. The van der Waals surface area contributed by atoms with E-state index in [-0.39, 0.29) is 5.91 Å². The molecule has 1 fully saturated rings. The van der Waals surface area contributed by atoms with Gasteiger partial charge in [-0.05, 0) is 49.8 Å². The predicted molar refractivity (Wildman–Crippen MR) is 74.0 cm³/mol. The van der Waals surface area contributed by atoms with E-state index in [1.54, 1.807) is 24.3 Å². The Bertz CT molecular complexity index is 471. The summed E-state index contributed by atoms with van der Waals surface area (Å²) in [5.74, 6) is 0.330. The fourth-order valence-corrected chi connectivity index (χ4v) is 2.49. The minimum atomic E-state index is -0.202. The van der Waals surface area contributed by atoms with Gasteiger partial charge in [0.1, 0.15) is 0 Å². The van der Waals surface area contributed by atoms with Crippen LogP contribution in [-0.4, -0.2) is 11.6 Å². The maximum Gasteiger partial charge on any atom is 0.271 e. The molecule has 1 unspecified atom stereocenters. The second-order valence-electron chi connectivity index (χ2n) is 4.55. The quantitative estimate of drug-likeness (QED) is 0.832. The fourth-order valence-electron chi connectivity index (χ4n) is 2.30. The van der Waals surface area contributed by atoms with Gasteiger partial charge >= 0.3 is 0 Å². The van der Waals surface area contributed by atoms with Crippen LogP contribution < -0.4 is 5.43 Å². The minimum absolute atomic E-state index is 0.202. The van der Waals surface area contributed by atoms with E-state index >= 15 is 0 Å². The van der Waals surface area contributed by atoms with Gasteiger partial charge in [-0.25, -0.2) is 5.43 Å². The molecular formula is C14H17ClN2O. The molecule has 96 valence electrons. The Labute approximate surface area is 112 Å². The number of rotatable bonds is 3. The molecule has 1 aliphatic rings.